The Morgan fingerprint density at radius 1 is 1.41 bits per heavy atom. The summed E-state index contributed by atoms with van der Waals surface area (Å²) in [7, 11) is -1.40. The topological polar surface area (TPSA) is 49.4 Å². The molecule has 1 fully saturated rings. The number of hydrogen-bond donors (Lipinski definition) is 1. The Bertz CT molecular complexity index is 310. The van der Waals surface area contributed by atoms with Crippen LogP contribution < -0.4 is 5.32 Å². The molecule has 0 aromatic rings. The van der Waals surface area contributed by atoms with Gasteiger partial charge in [-0.05, 0) is 32.7 Å². The van der Waals surface area contributed by atoms with Crippen molar-refractivity contribution in [1.82, 2.24) is 9.62 Å². The van der Waals surface area contributed by atoms with E-state index in [4.69, 9.17) is 0 Å². The monoisotopic (exact) mass is 262 g/mol. The van der Waals surface area contributed by atoms with Crippen LogP contribution in [0.3, 0.4) is 0 Å². The van der Waals surface area contributed by atoms with Crippen molar-refractivity contribution >= 4 is 10.0 Å². The van der Waals surface area contributed by atoms with Gasteiger partial charge in [0.05, 0.1) is 5.75 Å². The van der Waals surface area contributed by atoms with Crippen molar-refractivity contribution in [2.45, 2.75) is 58.0 Å². The van der Waals surface area contributed by atoms with Crippen LogP contribution in [-0.4, -0.2) is 44.2 Å². The summed E-state index contributed by atoms with van der Waals surface area (Å²) in [4.78, 5) is 0. The van der Waals surface area contributed by atoms with Gasteiger partial charge in [-0.15, -0.1) is 0 Å². The van der Waals surface area contributed by atoms with Crippen molar-refractivity contribution in [1.29, 1.82) is 0 Å². The van der Waals surface area contributed by atoms with Crippen LogP contribution in [-0.2, 0) is 10.0 Å². The van der Waals surface area contributed by atoms with Crippen LogP contribution in [0.2, 0.25) is 0 Å². The third kappa shape index (κ3) is 4.56. The maximum absolute atomic E-state index is 12.2. The third-order valence-corrected chi connectivity index (χ3v) is 5.65. The molecular formula is C12H26N2O2S. The highest BCUT2D eigenvalue weighted by atomic mass is 32.2. The highest BCUT2D eigenvalue weighted by Gasteiger charge is 2.27. The number of hydrogen-bond acceptors (Lipinski definition) is 3. The fourth-order valence-electron chi connectivity index (χ4n) is 2.31. The predicted octanol–water partition coefficient (Wildman–Crippen LogP) is 1.58. The Hall–Kier alpha value is -0.130. The van der Waals surface area contributed by atoms with Gasteiger partial charge in [0, 0.05) is 19.1 Å². The van der Waals surface area contributed by atoms with Crippen LogP contribution in [0.1, 0.15) is 46.0 Å². The minimum atomic E-state index is -3.11. The summed E-state index contributed by atoms with van der Waals surface area (Å²) >= 11 is 0. The second kappa shape index (κ2) is 6.71. The summed E-state index contributed by atoms with van der Waals surface area (Å²) in [5.41, 5.74) is 0. The van der Waals surface area contributed by atoms with E-state index in [0.717, 1.165) is 32.2 Å². The van der Waals surface area contributed by atoms with Gasteiger partial charge in [-0.3, -0.25) is 0 Å². The number of piperidine rings is 1. The molecule has 1 heterocycles. The Morgan fingerprint density at radius 2 is 2.12 bits per heavy atom. The highest BCUT2D eigenvalue weighted by molar-refractivity contribution is 7.89. The lowest BCUT2D eigenvalue weighted by Crippen LogP contribution is -2.45. The molecule has 1 saturated heterocycles. The van der Waals surface area contributed by atoms with Crippen LogP contribution in [0, 0.1) is 0 Å². The lowest BCUT2D eigenvalue weighted by Gasteiger charge is -2.28. The van der Waals surface area contributed by atoms with Crippen molar-refractivity contribution in [2.75, 3.05) is 19.3 Å². The first-order chi connectivity index (χ1) is 7.97. The third-order valence-electron chi connectivity index (χ3n) is 3.59. The molecule has 0 amide bonds. The largest absolute Gasteiger partial charge is 0.313 e. The van der Waals surface area contributed by atoms with Crippen LogP contribution in [0.15, 0.2) is 0 Å². The maximum Gasteiger partial charge on any atom is 0.215 e. The van der Waals surface area contributed by atoms with Gasteiger partial charge in [0.2, 0.25) is 10.0 Å². The quantitative estimate of drug-likeness (QED) is 0.790. The fourth-order valence-corrected chi connectivity index (χ4v) is 3.99. The van der Waals surface area contributed by atoms with Crippen molar-refractivity contribution in [3.63, 3.8) is 0 Å². The molecule has 1 rings (SSSR count). The molecule has 0 saturated carbocycles. The van der Waals surface area contributed by atoms with E-state index in [1.54, 1.807) is 11.4 Å². The van der Waals surface area contributed by atoms with Gasteiger partial charge in [-0.1, -0.05) is 19.8 Å². The highest BCUT2D eigenvalue weighted by Crippen LogP contribution is 2.14. The van der Waals surface area contributed by atoms with Crippen LogP contribution in [0.25, 0.3) is 0 Å². The van der Waals surface area contributed by atoms with E-state index in [1.807, 2.05) is 6.92 Å². The van der Waals surface area contributed by atoms with Crippen molar-refractivity contribution in [3.8, 4) is 0 Å². The minimum Gasteiger partial charge on any atom is -0.313 e. The zero-order valence-electron chi connectivity index (χ0n) is 11.3. The lowest BCUT2D eigenvalue weighted by atomic mass is 10.1. The molecule has 17 heavy (non-hydrogen) atoms. The summed E-state index contributed by atoms with van der Waals surface area (Å²) in [5, 5.41) is 3.30. The maximum atomic E-state index is 12.2. The standard InChI is InChI=1S/C12H26N2O2S/c1-4-7-11(2)14(3)17(15,16)10-12-8-5-6-9-13-12/h11-13H,4-10H2,1-3H3. The smallest absolute Gasteiger partial charge is 0.215 e. The minimum absolute atomic E-state index is 0.105. The van der Waals surface area contributed by atoms with E-state index in [1.165, 1.54) is 6.42 Å². The van der Waals surface area contributed by atoms with Gasteiger partial charge in [0.1, 0.15) is 0 Å². The van der Waals surface area contributed by atoms with Gasteiger partial charge in [0.15, 0.2) is 0 Å². The van der Waals surface area contributed by atoms with E-state index in [0.29, 0.717) is 0 Å². The van der Waals surface area contributed by atoms with Gasteiger partial charge >= 0.3 is 0 Å². The first kappa shape index (κ1) is 14.9. The second-order valence-electron chi connectivity index (χ2n) is 5.08. The second-order valence-corrected chi connectivity index (χ2v) is 7.15. The van der Waals surface area contributed by atoms with Crippen LogP contribution in [0.4, 0.5) is 0 Å². The summed E-state index contributed by atoms with van der Waals surface area (Å²) < 4.78 is 26.0. The lowest BCUT2D eigenvalue weighted by molar-refractivity contribution is 0.359. The number of nitrogens with one attached hydrogen (secondary N) is 1. The van der Waals surface area contributed by atoms with Gasteiger partial charge < -0.3 is 5.32 Å². The first-order valence-electron chi connectivity index (χ1n) is 6.66. The van der Waals surface area contributed by atoms with Gasteiger partial charge in [-0.25, -0.2) is 12.7 Å². The molecule has 102 valence electrons. The molecule has 0 bridgehead atoms. The van der Waals surface area contributed by atoms with E-state index < -0.39 is 10.0 Å². The molecule has 2 unspecified atom stereocenters. The summed E-state index contributed by atoms with van der Waals surface area (Å²) in [6.45, 7) is 5.02. The molecule has 4 nitrogen and oxygen atoms in total. The first-order valence-corrected chi connectivity index (χ1v) is 8.27. The van der Waals surface area contributed by atoms with Gasteiger partial charge in [0.25, 0.3) is 0 Å². The molecule has 5 heteroatoms. The average molecular weight is 262 g/mol. The molecule has 0 spiro atoms. The summed E-state index contributed by atoms with van der Waals surface area (Å²) in [6.07, 6.45) is 5.23. The van der Waals surface area contributed by atoms with Crippen LogP contribution in [0.5, 0.6) is 0 Å². The van der Waals surface area contributed by atoms with Crippen molar-refractivity contribution in [2.24, 2.45) is 0 Å². The Kier molecular flexibility index (Phi) is 5.89. The number of rotatable bonds is 6. The molecule has 0 aromatic carbocycles. The Morgan fingerprint density at radius 3 is 2.65 bits per heavy atom. The summed E-state index contributed by atoms with van der Waals surface area (Å²) in [6, 6.07) is 0.249. The van der Waals surface area contributed by atoms with E-state index in [-0.39, 0.29) is 17.8 Å². The molecule has 0 radical (unpaired) electrons. The molecule has 1 aliphatic rings. The molecule has 0 aliphatic carbocycles. The molecule has 1 aliphatic heterocycles. The molecular weight excluding hydrogens is 236 g/mol. The van der Waals surface area contributed by atoms with E-state index >= 15 is 0 Å². The van der Waals surface area contributed by atoms with E-state index in [2.05, 4.69) is 12.2 Å². The number of sulfonamides is 1. The predicted molar refractivity (Wildman–Crippen MR) is 71.6 cm³/mol. The average Bonchev–Trinajstić information content (AvgIpc) is 2.29. The SMILES string of the molecule is CCCC(C)N(C)S(=O)(=O)CC1CCCCN1. The zero-order valence-corrected chi connectivity index (χ0v) is 12.1. The zero-order chi connectivity index (χ0) is 12.9. The Balaban J connectivity index is 2.54. The van der Waals surface area contributed by atoms with Gasteiger partial charge in [-0.2, -0.15) is 0 Å². The Labute approximate surface area is 106 Å². The van der Waals surface area contributed by atoms with Crippen molar-refractivity contribution < 1.29 is 8.42 Å². The van der Waals surface area contributed by atoms with Crippen molar-refractivity contribution in [3.05, 3.63) is 0 Å². The molecule has 1 N–H and O–H groups in total. The normalized spacial score (nSPS) is 23.9. The van der Waals surface area contributed by atoms with E-state index in [9.17, 15) is 8.42 Å². The fraction of sp³-hybridized carbons (Fsp3) is 1.00. The molecule has 0 aromatic heterocycles. The molecule has 2 atom stereocenters. The van der Waals surface area contributed by atoms with Crippen LogP contribution >= 0.6 is 0 Å². The summed E-state index contributed by atoms with van der Waals surface area (Å²) in [5.74, 6) is 0.248. The number of nitrogens with zero attached hydrogens (tertiary/aromatic N) is 1.